The lowest BCUT2D eigenvalue weighted by Gasteiger charge is -2.04. The molecule has 0 heterocycles. The minimum atomic E-state index is -0.505. The van der Waals surface area contributed by atoms with Gasteiger partial charge in [0.15, 0.2) is 5.75 Å². The summed E-state index contributed by atoms with van der Waals surface area (Å²) < 4.78 is 4.91. The Balaban J connectivity index is 3.15. The summed E-state index contributed by atoms with van der Waals surface area (Å²) in [4.78, 5) is 10.3. The monoisotopic (exact) mass is 246 g/mol. The highest BCUT2D eigenvalue weighted by molar-refractivity contribution is 5.68. The molecule has 5 heteroatoms. The van der Waals surface area contributed by atoms with Crippen LogP contribution in [0.25, 0.3) is 5.70 Å². The topological polar surface area (TPSA) is 78.4 Å². The van der Waals surface area contributed by atoms with Crippen LogP contribution in [0.15, 0.2) is 49.1 Å². The summed E-state index contributed by atoms with van der Waals surface area (Å²) in [6.45, 7) is 3.53. The molecule has 1 aromatic rings. The van der Waals surface area contributed by atoms with Gasteiger partial charge in [-0.25, -0.2) is 0 Å². The van der Waals surface area contributed by atoms with Gasteiger partial charge in [-0.05, 0) is 18.2 Å². The van der Waals surface area contributed by atoms with Crippen LogP contribution in [0.4, 0.5) is 5.69 Å². The molecule has 94 valence electrons. The summed E-state index contributed by atoms with van der Waals surface area (Å²) >= 11 is 0. The van der Waals surface area contributed by atoms with Crippen molar-refractivity contribution in [3.8, 4) is 5.75 Å². The van der Waals surface area contributed by atoms with Crippen LogP contribution < -0.4 is 10.5 Å². The van der Waals surface area contributed by atoms with Crippen molar-refractivity contribution >= 4 is 11.4 Å². The number of nitrogens with two attached hydrogens (primary N) is 1. The Bertz CT molecular complexity index is 519. The largest absolute Gasteiger partial charge is 0.490 e. The van der Waals surface area contributed by atoms with Crippen molar-refractivity contribution in [2.24, 2.45) is 5.73 Å². The van der Waals surface area contributed by atoms with Gasteiger partial charge >= 0.3 is 5.69 Å². The molecule has 0 radical (unpaired) electrons. The number of nitro groups is 1. The van der Waals surface area contributed by atoms with Crippen LogP contribution in [0.1, 0.15) is 5.56 Å². The Kier molecular flexibility index (Phi) is 4.68. The maximum Gasteiger partial charge on any atom is 0.311 e. The average molecular weight is 246 g/mol. The predicted molar refractivity (Wildman–Crippen MR) is 71.1 cm³/mol. The van der Waals surface area contributed by atoms with Crippen LogP contribution in [0, 0.1) is 10.1 Å². The standard InChI is InChI=1S/C13H14N2O3/c1-3-4-5-6-11(14)10-7-8-13(18-2)12(9-10)15(16)17/h3-9H,1,14H2,2H3/b5-4-,11-6-. The Hall–Kier alpha value is -2.56. The third-order valence-corrected chi connectivity index (χ3v) is 2.23. The molecule has 1 rings (SSSR count). The second kappa shape index (κ2) is 6.24. The first-order valence-corrected chi connectivity index (χ1v) is 5.17. The van der Waals surface area contributed by atoms with Crippen molar-refractivity contribution < 1.29 is 9.66 Å². The first kappa shape index (κ1) is 13.5. The molecule has 0 bridgehead atoms. The van der Waals surface area contributed by atoms with E-state index in [1.807, 2.05) is 0 Å². The zero-order valence-electron chi connectivity index (χ0n) is 10.00. The molecule has 0 aromatic heterocycles. The van der Waals surface area contributed by atoms with Gasteiger partial charge in [0.05, 0.1) is 12.0 Å². The molecule has 18 heavy (non-hydrogen) atoms. The highest BCUT2D eigenvalue weighted by atomic mass is 16.6. The number of allylic oxidation sites excluding steroid dienone is 4. The van der Waals surface area contributed by atoms with Crippen LogP contribution in [0.3, 0.4) is 0 Å². The van der Waals surface area contributed by atoms with Crippen molar-refractivity contribution in [2.45, 2.75) is 0 Å². The number of benzene rings is 1. The van der Waals surface area contributed by atoms with Gasteiger partial charge in [-0.1, -0.05) is 24.8 Å². The van der Waals surface area contributed by atoms with Gasteiger partial charge in [0.1, 0.15) is 0 Å². The lowest BCUT2D eigenvalue weighted by molar-refractivity contribution is -0.385. The van der Waals surface area contributed by atoms with E-state index in [0.717, 1.165) is 0 Å². The first-order valence-electron chi connectivity index (χ1n) is 5.17. The SMILES string of the molecule is C=C/C=C\C=C(/N)c1ccc(OC)c([N+](=O)[O-])c1. The van der Waals surface area contributed by atoms with Crippen molar-refractivity contribution in [3.63, 3.8) is 0 Å². The van der Waals surface area contributed by atoms with Gasteiger partial charge in [0.25, 0.3) is 0 Å². The summed E-state index contributed by atoms with van der Waals surface area (Å²) in [6.07, 6.45) is 6.68. The summed E-state index contributed by atoms with van der Waals surface area (Å²) in [7, 11) is 1.38. The van der Waals surface area contributed by atoms with Crippen LogP contribution in [-0.4, -0.2) is 12.0 Å². The Morgan fingerprint density at radius 2 is 2.22 bits per heavy atom. The van der Waals surface area contributed by atoms with Crippen LogP contribution in [0.5, 0.6) is 5.75 Å². The van der Waals surface area contributed by atoms with E-state index < -0.39 is 4.92 Å². The quantitative estimate of drug-likeness (QED) is 0.492. The van der Waals surface area contributed by atoms with Gasteiger partial charge in [0, 0.05) is 17.3 Å². The van der Waals surface area contributed by atoms with Gasteiger partial charge in [-0.15, -0.1) is 0 Å². The second-order valence-corrected chi connectivity index (χ2v) is 3.39. The number of methoxy groups -OCH3 is 1. The Morgan fingerprint density at radius 1 is 1.50 bits per heavy atom. The van der Waals surface area contributed by atoms with E-state index in [2.05, 4.69) is 6.58 Å². The van der Waals surface area contributed by atoms with Crippen LogP contribution >= 0.6 is 0 Å². The number of hydrogen-bond acceptors (Lipinski definition) is 4. The molecule has 2 N–H and O–H groups in total. The van der Waals surface area contributed by atoms with Crippen LogP contribution in [0.2, 0.25) is 0 Å². The van der Waals surface area contributed by atoms with Crippen molar-refractivity contribution in [2.75, 3.05) is 7.11 Å². The molecule has 0 spiro atoms. The number of hydrogen-bond donors (Lipinski definition) is 1. The zero-order chi connectivity index (χ0) is 13.5. The molecule has 5 nitrogen and oxygen atoms in total. The van der Waals surface area contributed by atoms with Gasteiger partial charge in [-0.2, -0.15) is 0 Å². The summed E-state index contributed by atoms with van der Waals surface area (Å²) in [5, 5.41) is 10.9. The van der Waals surface area contributed by atoms with E-state index in [-0.39, 0.29) is 11.4 Å². The minimum absolute atomic E-state index is 0.112. The Labute approximate surface area is 105 Å². The number of rotatable bonds is 5. The van der Waals surface area contributed by atoms with Crippen LogP contribution in [-0.2, 0) is 0 Å². The summed E-state index contributed by atoms with van der Waals surface area (Å²) in [5.74, 6) is 0.207. The fraction of sp³-hybridized carbons (Fsp3) is 0.0769. The number of nitrogens with zero attached hydrogens (tertiary/aromatic N) is 1. The molecule has 1 aromatic carbocycles. The molecule has 0 saturated heterocycles. The molecule has 0 aliphatic carbocycles. The first-order chi connectivity index (χ1) is 8.60. The highest BCUT2D eigenvalue weighted by Gasteiger charge is 2.15. The van der Waals surface area contributed by atoms with E-state index in [1.165, 1.54) is 19.2 Å². The fourth-order valence-corrected chi connectivity index (χ4v) is 1.35. The van der Waals surface area contributed by atoms with Crippen molar-refractivity contribution in [3.05, 3.63) is 64.8 Å². The number of ether oxygens (including phenoxy) is 1. The van der Waals surface area contributed by atoms with Gasteiger partial charge in [0.2, 0.25) is 0 Å². The van der Waals surface area contributed by atoms with Gasteiger partial charge < -0.3 is 10.5 Å². The smallest absolute Gasteiger partial charge is 0.311 e. The van der Waals surface area contributed by atoms with Gasteiger partial charge in [-0.3, -0.25) is 10.1 Å². The molecular weight excluding hydrogens is 232 g/mol. The van der Waals surface area contributed by atoms with E-state index >= 15 is 0 Å². The lowest BCUT2D eigenvalue weighted by atomic mass is 10.1. The van der Waals surface area contributed by atoms with E-state index in [0.29, 0.717) is 11.3 Å². The van der Waals surface area contributed by atoms with E-state index in [4.69, 9.17) is 10.5 Å². The number of nitro benzene ring substituents is 1. The second-order valence-electron chi connectivity index (χ2n) is 3.39. The normalized spacial score (nSPS) is 11.5. The third kappa shape index (κ3) is 3.21. The molecule has 0 atom stereocenters. The average Bonchev–Trinajstić information content (AvgIpc) is 2.38. The molecule has 0 aliphatic rings. The maximum absolute atomic E-state index is 10.9. The lowest BCUT2D eigenvalue weighted by Crippen LogP contribution is -1.99. The van der Waals surface area contributed by atoms with E-state index in [1.54, 1.807) is 30.4 Å². The fourth-order valence-electron chi connectivity index (χ4n) is 1.35. The summed E-state index contributed by atoms with van der Waals surface area (Å²) in [6, 6.07) is 4.57. The molecule has 0 saturated carbocycles. The van der Waals surface area contributed by atoms with Crippen molar-refractivity contribution in [1.29, 1.82) is 0 Å². The molecule has 0 amide bonds. The molecule has 0 aliphatic heterocycles. The van der Waals surface area contributed by atoms with Crippen molar-refractivity contribution in [1.82, 2.24) is 0 Å². The maximum atomic E-state index is 10.9. The van der Waals surface area contributed by atoms with E-state index in [9.17, 15) is 10.1 Å². The highest BCUT2D eigenvalue weighted by Crippen LogP contribution is 2.29. The summed E-state index contributed by atoms with van der Waals surface area (Å²) in [5.41, 5.74) is 6.69. The predicted octanol–water partition coefficient (Wildman–Crippen LogP) is 2.65. The molecular formula is C13H14N2O3. The Morgan fingerprint density at radius 3 is 2.78 bits per heavy atom. The third-order valence-electron chi connectivity index (χ3n) is 2.23. The molecule has 0 unspecified atom stereocenters. The zero-order valence-corrected chi connectivity index (χ0v) is 10.00. The minimum Gasteiger partial charge on any atom is -0.490 e. The molecule has 0 fully saturated rings.